The minimum Gasteiger partial charge on any atom is -0.395 e. The van der Waals surface area contributed by atoms with E-state index in [2.05, 4.69) is 0 Å². The Labute approximate surface area is 108 Å². The van der Waals surface area contributed by atoms with Crippen LogP contribution in [0, 0.1) is 0 Å². The molecule has 0 heterocycles. The van der Waals surface area contributed by atoms with Gasteiger partial charge in [0.15, 0.2) is 0 Å². The van der Waals surface area contributed by atoms with Gasteiger partial charge in [-0.3, -0.25) is 4.79 Å². The number of halogens is 3. The van der Waals surface area contributed by atoms with Crippen molar-refractivity contribution in [2.45, 2.75) is 12.2 Å². The molecule has 0 aromatic heterocycles. The van der Waals surface area contributed by atoms with Gasteiger partial charge in [-0.15, -0.1) is 0 Å². The maximum atomic E-state index is 12.3. The van der Waals surface area contributed by atoms with Crippen molar-refractivity contribution < 1.29 is 23.1 Å². The molecular weight excluding hydrogens is 261 g/mol. The summed E-state index contributed by atoms with van der Waals surface area (Å²) in [6.07, 6.45) is -4.53. The molecular formula is C12H15F3N2O2. The lowest BCUT2D eigenvalue weighted by molar-refractivity contribution is -0.162. The van der Waals surface area contributed by atoms with Crippen molar-refractivity contribution in [3.8, 4) is 0 Å². The second kappa shape index (κ2) is 6.53. The first-order valence-corrected chi connectivity index (χ1v) is 5.62. The van der Waals surface area contributed by atoms with Gasteiger partial charge in [-0.1, -0.05) is 30.3 Å². The summed E-state index contributed by atoms with van der Waals surface area (Å²) in [5, 5.41) is 8.73. The van der Waals surface area contributed by atoms with Crippen molar-refractivity contribution in [3.63, 3.8) is 0 Å². The van der Waals surface area contributed by atoms with Crippen molar-refractivity contribution in [1.29, 1.82) is 0 Å². The van der Waals surface area contributed by atoms with E-state index in [1.165, 1.54) is 0 Å². The molecule has 106 valence electrons. The van der Waals surface area contributed by atoms with E-state index in [0.29, 0.717) is 10.5 Å². The zero-order valence-electron chi connectivity index (χ0n) is 10.1. The van der Waals surface area contributed by atoms with Crippen LogP contribution < -0.4 is 5.73 Å². The van der Waals surface area contributed by atoms with E-state index >= 15 is 0 Å². The Morgan fingerprint density at radius 3 is 2.37 bits per heavy atom. The molecule has 0 saturated heterocycles. The molecule has 0 aliphatic heterocycles. The lowest BCUT2D eigenvalue weighted by Gasteiger charge is -2.26. The number of carbonyl (C=O) groups is 1. The van der Waals surface area contributed by atoms with Crippen molar-refractivity contribution in [2.75, 3.05) is 19.7 Å². The molecule has 1 rings (SSSR count). The van der Waals surface area contributed by atoms with E-state index < -0.39 is 37.8 Å². The van der Waals surface area contributed by atoms with Gasteiger partial charge in [0.05, 0.1) is 6.61 Å². The molecule has 1 unspecified atom stereocenters. The summed E-state index contributed by atoms with van der Waals surface area (Å²) in [4.78, 5) is 12.4. The quantitative estimate of drug-likeness (QED) is 0.845. The first kappa shape index (κ1) is 15.5. The van der Waals surface area contributed by atoms with E-state index in [-0.39, 0.29) is 0 Å². The number of aliphatic hydroxyl groups is 1. The third kappa shape index (κ3) is 4.88. The van der Waals surface area contributed by atoms with Crippen LogP contribution in [-0.4, -0.2) is 41.8 Å². The summed E-state index contributed by atoms with van der Waals surface area (Å²) in [6, 6.07) is 6.95. The summed E-state index contributed by atoms with van der Waals surface area (Å²) in [5.41, 5.74) is 6.08. The SMILES string of the molecule is NC(C(=O)N(CCO)CC(F)(F)F)c1ccccc1. The Balaban J connectivity index is 2.82. The number of amides is 1. The van der Waals surface area contributed by atoms with Gasteiger partial charge in [0.25, 0.3) is 0 Å². The molecule has 3 N–H and O–H groups in total. The minimum atomic E-state index is -4.53. The van der Waals surface area contributed by atoms with Crippen LogP contribution in [0.4, 0.5) is 13.2 Å². The van der Waals surface area contributed by atoms with E-state index in [1.807, 2.05) is 0 Å². The average molecular weight is 276 g/mol. The summed E-state index contributed by atoms with van der Waals surface area (Å²) in [7, 11) is 0. The molecule has 0 bridgehead atoms. The van der Waals surface area contributed by atoms with Gasteiger partial charge < -0.3 is 15.7 Å². The second-order valence-corrected chi connectivity index (χ2v) is 3.99. The maximum Gasteiger partial charge on any atom is 0.406 e. The van der Waals surface area contributed by atoms with Gasteiger partial charge >= 0.3 is 6.18 Å². The van der Waals surface area contributed by atoms with Gasteiger partial charge in [0, 0.05) is 6.54 Å². The molecule has 0 spiro atoms. The normalized spacial score (nSPS) is 13.1. The summed E-state index contributed by atoms with van der Waals surface area (Å²) < 4.78 is 37.0. The number of rotatable bonds is 5. The number of nitrogens with two attached hydrogens (primary N) is 1. The smallest absolute Gasteiger partial charge is 0.395 e. The lowest BCUT2D eigenvalue weighted by Crippen LogP contribution is -2.44. The van der Waals surface area contributed by atoms with Crippen molar-refractivity contribution in [3.05, 3.63) is 35.9 Å². The maximum absolute atomic E-state index is 12.3. The van der Waals surface area contributed by atoms with E-state index in [9.17, 15) is 18.0 Å². The molecule has 19 heavy (non-hydrogen) atoms. The first-order chi connectivity index (χ1) is 8.85. The van der Waals surface area contributed by atoms with Crippen LogP contribution >= 0.6 is 0 Å². The van der Waals surface area contributed by atoms with Crippen molar-refractivity contribution in [2.24, 2.45) is 5.73 Å². The van der Waals surface area contributed by atoms with Crippen LogP contribution in [0.1, 0.15) is 11.6 Å². The molecule has 0 aliphatic carbocycles. The fraction of sp³-hybridized carbons (Fsp3) is 0.417. The Kier molecular flexibility index (Phi) is 5.31. The first-order valence-electron chi connectivity index (χ1n) is 5.62. The highest BCUT2D eigenvalue weighted by Crippen LogP contribution is 2.19. The standard InChI is InChI=1S/C12H15F3N2O2/c13-12(14,15)8-17(6-7-18)11(19)10(16)9-4-2-1-3-5-9/h1-5,10,18H,6-8,16H2. The van der Waals surface area contributed by atoms with Crippen LogP contribution in [0.3, 0.4) is 0 Å². The van der Waals surface area contributed by atoms with Crippen LogP contribution in [0.2, 0.25) is 0 Å². The molecule has 1 aromatic carbocycles. The summed E-state index contributed by atoms with van der Waals surface area (Å²) in [5.74, 6) is -0.863. The fourth-order valence-corrected chi connectivity index (χ4v) is 1.60. The lowest BCUT2D eigenvalue weighted by atomic mass is 10.1. The summed E-state index contributed by atoms with van der Waals surface area (Å²) >= 11 is 0. The van der Waals surface area contributed by atoms with Gasteiger partial charge in [-0.2, -0.15) is 13.2 Å². The molecule has 1 atom stereocenters. The molecule has 0 radical (unpaired) electrons. The predicted molar refractivity (Wildman–Crippen MR) is 63.1 cm³/mol. The minimum absolute atomic E-state index is 0.404. The van der Waals surface area contributed by atoms with E-state index in [4.69, 9.17) is 10.8 Å². The van der Waals surface area contributed by atoms with Crippen LogP contribution in [0.15, 0.2) is 30.3 Å². The Bertz CT molecular complexity index is 409. The molecule has 0 aliphatic rings. The third-order valence-electron chi connectivity index (χ3n) is 2.48. The van der Waals surface area contributed by atoms with E-state index in [0.717, 1.165) is 0 Å². The number of carbonyl (C=O) groups excluding carboxylic acids is 1. The van der Waals surface area contributed by atoms with Gasteiger partial charge in [0.2, 0.25) is 5.91 Å². The number of aliphatic hydroxyl groups excluding tert-OH is 1. The molecule has 1 aromatic rings. The highest BCUT2D eigenvalue weighted by molar-refractivity contribution is 5.83. The Morgan fingerprint density at radius 1 is 1.32 bits per heavy atom. The largest absolute Gasteiger partial charge is 0.406 e. The monoisotopic (exact) mass is 276 g/mol. The zero-order chi connectivity index (χ0) is 14.5. The summed E-state index contributed by atoms with van der Waals surface area (Å²) in [6.45, 7) is -2.38. The highest BCUT2D eigenvalue weighted by atomic mass is 19.4. The molecule has 7 heteroatoms. The van der Waals surface area contributed by atoms with Gasteiger partial charge in [-0.25, -0.2) is 0 Å². The van der Waals surface area contributed by atoms with E-state index in [1.54, 1.807) is 30.3 Å². The van der Waals surface area contributed by atoms with Gasteiger partial charge in [0.1, 0.15) is 12.6 Å². The van der Waals surface area contributed by atoms with Crippen molar-refractivity contribution >= 4 is 5.91 Å². The number of hydrogen-bond acceptors (Lipinski definition) is 3. The van der Waals surface area contributed by atoms with Crippen molar-refractivity contribution in [1.82, 2.24) is 4.90 Å². The topological polar surface area (TPSA) is 66.6 Å². The molecule has 0 fully saturated rings. The Morgan fingerprint density at radius 2 is 1.89 bits per heavy atom. The predicted octanol–water partition coefficient (Wildman–Crippen LogP) is 1.07. The zero-order valence-corrected chi connectivity index (χ0v) is 10.1. The number of benzene rings is 1. The molecule has 0 saturated carbocycles. The highest BCUT2D eigenvalue weighted by Gasteiger charge is 2.34. The second-order valence-electron chi connectivity index (χ2n) is 3.99. The van der Waals surface area contributed by atoms with Crippen LogP contribution in [-0.2, 0) is 4.79 Å². The molecule has 4 nitrogen and oxygen atoms in total. The van der Waals surface area contributed by atoms with Gasteiger partial charge in [-0.05, 0) is 5.56 Å². The number of nitrogens with zero attached hydrogens (tertiary/aromatic N) is 1. The number of hydrogen-bond donors (Lipinski definition) is 2. The van der Waals surface area contributed by atoms with Crippen LogP contribution in [0.25, 0.3) is 0 Å². The third-order valence-corrected chi connectivity index (χ3v) is 2.48. The fourth-order valence-electron chi connectivity index (χ4n) is 1.60. The average Bonchev–Trinajstić information content (AvgIpc) is 2.36. The van der Waals surface area contributed by atoms with Crippen LogP contribution in [0.5, 0.6) is 0 Å². The Hall–Kier alpha value is -1.60. The molecule has 1 amide bonds. The number of alkyl halides is 3.